The fraction of sp³-hybridized carbons (Fsp3) is 0.235. The molecule has 0 aromatic heterocycles. The number of hydrogen-bond donors (Lipinski definition) is 1. The molecule has 2 aromatic rings. The Bertz CT molecular complexity index is 818. The van der Waals surface area contributed by atoms with E-state index in [1.807, 2.05) is 43.3 Å². The molecule has 0 bridgehead atoms. The van der Waals surface area contributed by atoms with Crippen LogP contribution in [0.1, 0.15) is 17.2 Å². The average molecular weight is 459 g/mol. The zero-order valence-electron chi connectivity index (χ0n) is 13.3. The van der Waals surface area contributed by atoms with Crippen LogP contribution in [0.25, 0.3) is 0 Å². The van der Waals surface area contributed by atoms with Crippen LogP contribution in [-0.4, -0.2) is 31.0 Å². The minimum absolute atomic E-state index is 0.00435. The van der Waals surface area contributed by atoms with Gasteiger partial charge in [0, 0.05) is 0 Å². The van der Waals surface area contributed by atoms with Crippen LogP contribution in [0.3, 0.4) is 0 Å². The molecule has 4 nitrogen and oxygen atoms in total. The van der Waals surface area contributed by atoms with Gasteiger partial charge in [0.1, 0.15) is 0 Å². The van der Waals surface area contributed by atoms with Crippen molar-refractivity contribution in [1.29, 1.82) is 0 Å². The van der Waals surface area contributed by atoms with Crippen molar-refractivity contribution >= 4 is 61.7 Å². The second kappa shape index (κ2) is 8.56. The van der Waals surface area contributed by atoms with Crippen molar-refractivity contribution in [2.75, 3.05) is 11.1 Å². The Morgan fingerprint density at radius 1 is 1.24 bits per heavy atom. The molecule has 2 unspecified atom stereocenters. The van der Waals surface area contributed by atoms with Crippen molar-refractivity contribution in [3.8, 4) is 0 Å². The first kappa shape index (κ1) is 18.7. The third kappa shape index (κ3) is 4.77. The predicted molar refractivity (Wildman–Crippen MR) is 106 cm³/mol. The first-order valence-corrected chi connectivity index (χ1v) is 11.1. The number of thioether (sulfide) groups is 1. The Labute approximate surface area is 167 Å². The van der Waals surface area contributed by atoms with E-state index in [1.54, 1.807) is 17.8 Å². The van der Waals surface area contributed by atoms with Crippen LogP contribution in [0.2, 0.25) is 10.0 Å². The molecule has 130 valence electrons. The molecule has 2 atom stereocenters. The van der Waals surface area contributed by atoms with Gasteiger partial charge in [-0.2, -0.15) is 0 Å². The third-order valence-electron chi connectivity index (χ3n) is 3.66. The van der Waals surface area contributed by atoms with Gasteiger partial charge in [-0.3, -0.25) is 0 Å². The van der Waals surface area contributed by atoms with Crippen molar-refractivity contribution in [2.24, 2.45) is 9.24 Å². The zero-order valence-corrected chi connectivity index (χ0v) is 17.3. The summed E-state index contributed by atoms with van der Waals surface area (Å²) in [5, 5.41) is 8.32. The number of halogens is 2. The quantitative estimate of drug-likeness (QED) is 0.631. The molecule has 0 spiro atoms. The summed E-state index contributed by atoms with van der Waals surface area (Å²) in [4.78, 5) is 12.2. The maximum atomic E-state index is 12.2. The second-order valence-corrected chi connectivity index (χ2v) is 9.93. The van der Waals surface area contributed by atoms with Gasteiger partial charge in [-0.05, 0) is 0 Å². The number of anilines is 1. The number of carbonyl (C=O) groups is 1. The molecular weight excluding hydrogens is 444 g/mol. The summed E-state index contributed by atoms with van der Waals surface area (Å²) >= 11 is 13.7. The summed E-state index contributed by atoms with van der Waals surface area (Å²) in [6.45, 7) is 1.97. The molecule has 1 aliphatic rings. The summed E-state index contributed by atoms with van der Waals surface area (Å²) in [5.74, 6) is 0.346. The topological polar surface area (TPSA) is 53.8 Å². The summed E-state index contributed by atoms with van der Waals surface area (Å²) < 4.78 is 4.38. The number of amides is 1. The molecule has 0 fully saturated rings. The first-order valence-electron chi connectivity index (χ1n) is 7.52. The fourth-order valence-corrected chi connectivity index (χ4v) is 5.70. The number of aryl methyl sites for hydroxylation is 1. The van der Waals surface area contributed by atoms with Crippen molar-refractivity contribution in [3.05, 3.63) is 63.6 Å². The molecule has 8 heteroatoms. The van der Waals surface area contributed by atoms with Crippen molar-refractivity contribution in [1.82, 2.24) is 0 Å². The molecule has 0 aliphatic carbocycles. The summed E-state index contributed by atoms with van der Waals surface area (Å²) in [5.41, 5.74) is 2.87. The van der Waals surface area contributed by atoms with E-state index in [-0.39, 0.29) is 31.3 Å². The minimum atomic E-state index is -0.0778. The third-order valence-corrected chi connectivity index (χ3v) is 8.09. The van der Waals surface area contributed by atoms with Crippen LogP contribution in [0.15, 0.2) is 51.7 Å². The number of para-hydroxylation sites is 1. The number of nitrogens with zero attached hydrogens (tertiary/aromatic N) is 2. The van der Waals surface area contributed by atoms with Crippen molar-refractivity contribution < 1.29 is 4.79 Å². The van der Waals surface area contributed by atoms with Gasteiger partial charge >= 0.3 is 168 Å². The first-order chi connectivity index (χ1) is 12.0. The molecule has 3 rings (SSSR count). The average Bonchev–Trinajstić information content (AvgIpc) is 3.06. The number of rotatable bonds is 5. The van der Waals surface area contributed by atoms with Gasteiger partial charge in [0.15, 0.2) is 0 Å². The normalized spacial score (nSPS) is 19.2. The zero-order chi connectivity index (χ0) is 17.8. The standard InChI is InChI=1S/C17H15Cl2N3OSSe/c1-10-4-2-3-5-14(10)20-15(23)9-24-17-16(21-22-25-17)11-6-7-12(18)13(19)8-11/h2-8,16-17H,9H2,1H3,(H,20,23). The van der Waals surface area contributed by atoms with Crippen LogP contribution < -0.4 is 5.32 Å². The van der Waals surface area contributed by atoms with E-state index in [1.165, 1.54) is 0 Å². The molecule has 0 saturated heterocycles. The van der Waals surface area contributed by atoms with E-state index in [2.05, 4.69) is 14.6 Å². The Morgan fingerprint density at radius 2 is 2.04 bits per heavy atom. The molecule has 0 radical (unpaired) electrons. The maximum absolute atomic E-state index is 12.2. The number of carbonyl (C=O) groups excluding carboxylic acids is 1. The van der Waals surface area contributed by atoms with Gasteiger partial charge in [-0.25, -0.2) is 0 Å². The van der Waals surface area contributed by atoms with Crippen molar-refractivity contribution in [3.63, 3.8) is 0 Å². The van der Waals surface area contributed by atoms with Gasteiger partial charge in [0.05, 0.1) is 0 Å². The summed E-state index contributed by atoms with van der Waals surface area (Å²) in [7, 11) is 0. The van der Waals surface area contributed by atoms with Gasteiger partial charge in [-0.15, -0.1) is 0 Å². The van der Waals surface area contributed by atoms with E-state index in [0.29, 0.717) is 15.8 Å². The van der Waals surface area contributed by atoms with Gasteiger partial charge in [0.2, 0.25) is 0 Å². The summed E-state index contributed by atoms with van der Waals surface area (Å²) in [6, 6.07) is 13.2. The fourth-order valence-electron chi connectivity index (χ4n) is 2.34. The predicted octanol–water partition coefficient (Wildman–Crippen LogP) is 5.13. The Kier molecular flexibility index (Phi) is 6.42. The van der Waals surface area contributed by atoms with E-state index in [0.717, 1.165) is 16.8 Å². The second-order valence-electron chi connectivity index (χ2n) is 5.46. The van der Waals surface area contributed by atoms with E-state index in [9.17, 15) is 4.79 Å². The van der Waals surface area contributed by atoms with Crippen LogP contribution >= 0.6 is 35.0 Å². The summed E-state index contributed by atoms with van der Waals surface area (Å²) in [6.07, 6.45) is 0. The molecule has 2 aromatic carbocycles. The van der Waals surface area contributed by atoms with Crippen LogP contribution in [0.4, 0.5) is 5.69 Å². The monoisotopic (exact) mass is 459 g/mol. The molecule has 1 heterocycles. The number of benzene rings is 2. The van der Waals surface area contributed by atoms with Crippen molar-refractivity contribution in [2.45, 2.75) is 17.1 Å². The molecule has 1 N–H and O–H groups in total. The molecule has 1 amide bonds. The van der Waals surface area contributed by atoms with Crippen LogP contribution in [0, 0.1) is 6.92 Å². The molecule has 25 heavy (non-hydrogen) atoms. The SMILES string of the molecule is Cc1ccccc1NC(=O)CSC1[Se]N=NC1c1ccc(Cl)c(Cl)c1. The Balaban J connectivity index is 1.60. The molecule has 1 aliphatic heterocycles. The molecular formula is C17H15Cl2N3OSSe. The van der Waals surface area contributed by atoms with Gasteiger partial charge < -0.3 is 0 Å². The van der Waals surface area contributed by atoms with E-state index in [4.69, 9.17) is 23.2 Å². The molecule has 0 saturated carbocycles. The Hall–Kier alpha value is -1.04. The number of hydrogen-bond acceptors (Lipinski definition) is 4. The van der Waals surface area contributed by atoms with Crippen LogP contribution in [-0.2, 0) is 4.79 Å². The van der Waals surface area contributed by atoms with E-state index < -0.39 is 0 Å². The van der Waals surface area contributed by atoms with Gasteiger partial charge in [0.25, 0.3) is 0 Å². The van der Waals surface area contributed by atoms with Crippen LogP contribution in [0.5, 0.6) is 0 Å². The Morgan fingerprint density at radius 3 is 2.80 bits per heavy atom. The van der Waals surface area contributed by atoms with Gasteiger partial charge in [-0.1, -0.05) is 0 Å². The van der Waals surface area contributed by atoms with E-state index >= 15 is 0 Å². The number of nitrogens with one attached hydrogen (secondary N) is 1.